The van der Waals surface area contributed by atoms with Gasteiger partial charge in [-0.1, -0.05) is 5.16 Å². The Kier molecular flexibility index (Phi) is 10.6. The second-order valence-electron chi connectivity index (χ2n) is 8.73. The van der Waals surface area contributed by atoms with Crippen LogP contribution in [0.15, 0.2) is 28.8 Å². The largest absolute Gasteiger partial charge is 0.493 e. The predicted molar refractivity (Wildman–Crippen MR) is 145 cm³/mol. The fourth-order valence-electron chi connectivity index (χ4n) is 4.51. The summed E-state index contributed by atoms with van der Waals surface area (Å²) in [5.74, 6) is -0.328. The molecule has 2 N–H and O–H groups in total. The maximum absolute atomic E-state index is 9.10. The van der Waals surface area contributed by atoms with Crippen LogP contribution in [0, 0.1) is 0 Å². The van der Waals surface area contributed by atoms with Crippen molar-refractivity contribution < 1.29 is 48.0 Å². The number of aliphatic carboxylic acids is 2. The number of piperazine rings is 1. The van der Waals surface area contributed by atoms with Crippen LogP contribution in [-0.4, -0.2) is 100 Å². The molecular formula is C27H35N3O10. The second kappa shape index (κ2) is 14.1. The quantitative estimate of drug-likeness (QED) is 0.349. The summed E-state index contributed by atoms with van der Waals surface area (Å²) in [4.78, 5) is 23.0. The maximum atomic E-state index is 9.10. The zero-order chi connectivity index (χ0) is 29.2. The molecule has 1 aromatic heterocycles. The van der Waals surface area contributed by atoms with Gasteiger partial charge in [-0.05, 0) is 37.6 Å². The number of anilines is 1. The van der Waals surface area contributed by atoms with E-state index in [1.165, 1.54) is 0 Å². The topological polar surface area (TPSA) is 153 Å². The smallest absolute Gasteiger partial charge is 0.414 e. The van der Waals surface area contributed by atoms with Gasteiger partial charge in [-0.25, -0.2) is 9.59 Å². The first kappa shape index (κ1) is 30.2. The van der Waals surface area contributed by atoms with Crippen LogP contribution in [0.5, 0.6) is 28.7 Å². The summed E-state index contributed by atoms with van der Waals surface area (Å²) >= 11 is 0. The Bertz CT molecular complexity index is 1290. The normalized spacial score (nSPS) is 13.3. The van der Waals surface area contributed by atoms with Crippen molar-refractivity contribution in [3.63, 3.8) is 0 Å². The molecule has 0 atom stereocenters. The van der Waals surface area contributed by atoms with Gasteiger partial charge in [0.25, 0.3) is 0 Å². The fraction of sp³-hybridized carbons (Fsp3) is 0.444. The Morgan fingerprint density at radius 1 is 0.825 bits per heavy atom. The molecule has 0 aliphatic carbocycles. The van der Waals surface area contributed by atoms with Gasteiger partial charge >= 0.3 is 11.9 Å². The summed E-state index contributed by atoms with van der Waals surface area (Å²) < 4.78 is 32.9. The van der Waals surface area contributed by atoms with Gasteiger partial charge in [0.15, 0.2) is 28.6 Å². The summed E-state index contributed by atoms with van der Waals surface area (Å²) in [6.45, 7) is 4.77. The highest BCUT2D eigenvalue weighted by atomic mass is 16.5. The lowest BCUT2D eigenvalue weighted by Gasteiger charge is -2.37. The van der Waals surface area contributed by atoms with E-state index in [2.05, 4.69) is 15.0 Å². The number of carbonyl (C=O) groups is 2. The number of hydrogen-bond donors (Lipinski definition) is 2. The van der Waals surface area contributed by atoms with Gasteiger partial charge in [0, 0.05) is 37.6 Å². The van der Waals surface area contributed by atoms with E-state index in [0.717, 1.165) is 62.3 Å². The van der Waals surface area contributed by atoms with Crippen molar-refractivity contribution in [1.82, 2.24) is 10.1 Å². The zero-order valence-corrected chi connectivity index (χ0v) is 23.3. The molecule has 13 heteroatoms. The number of rotatable bonds is 10. The first-order chi connectivity index (χ1) is 19.3. The summed E-state index contributed by atoms with van der Waals surface area (Å²) in [5, 5.41) is 20.0. The molecule has 2 aromatic carbocycles. The highest BCUT2D eigenvalue weighted by molar-refractivity contribution is 6.27. The van der Waals surface area contributed by atoms with Gasteiger partial charge in [-0.3, -0.25) is 4.90 Å². The molecule has 4 rings (SSSR count). The van der Waals surface area contributed by atoms with Crippen LogP contribution in [0.1, 0.15) is 12.1 Å². The molecule has 1 saturated heterocycles. The third-order valence-corrected chi connectivity index (χ3v) is 6.52. The molecule has 40 heavy (non-hydrogen) atoms. The minimum absolute atomic E-state index is 0.624. The standard InChI is InChI=1S/C25H33N3O6.C2H2O4/c1-29-20-9-8-19(24(32-4)25(20)33-5)28-13-11-27(12-14-28)10-6-7-18-17-15-22(30-2)23(31-3)16-21(17)34-26-18;3-1(4)2(5)6/h8-9,15-16H,6-7,10-14H2,1-5H3;(H,3,4)(H,5,6). The van der Waals surface area contributed by atoms with Crippen molar-refractivity contribution in [2.45, 2.75) is 12.8 Å². The van der Waals surface area contributed by atoms with Gasteiger partial charge in [-0.15, -0.1) is 0 Å². The minimum atomic E-state index is -1.82. The summed E-state index contributed by atoms with van der Waals surface area (Å²) in [5.41, 5.74) is 2.69. The van der Waals surface area contributed by atoms with Gasteiger partial charge in [0.2, 0.25) is 5.75 Å². The van der Waals surface area contributed by atoms with E-state index in [1.54, 1.807) is 35.5 Å². The number of carboxylic acids is 2. The highest BCUT2D eigenvalue weighted by Gasteiger charge is 2.24. The predicted octanol–water partition coefficient (Wildman–Crippen LogP) is 2.78. The van der Waals surface area contributed by atoms with Crippen molar-refractivity contribution in [2.75, 3.05) is 73.2 Å². The molecule has 13 nitrogen and oxygen atoms in total. The van der Waals surface area contributed by atoms with Crippen LogP contribution < -0.4 is 28.6 Å². The van der Waals surface area contributed by atoms with E-state index >= 15 is 0 Å². The Labute approximate surface area is 231 Å². The number of ether oxygens (including phenoxy) is 5. The van der Waals surface area contributed by atoms with Crippen LogP contribution >= 0.6 is 0 Å². The zero-order valence-electron chi connectivity index (χ0n) is 23.3. The Hall–Kier alpha value is -4.39. The van der Waals surface area contributed by atoms with E-state index in [9.17, 15) is 0 Å². The highest BCUT2D eigenvalue weighted by Crippen LogP contribution is 2.44. The first-order valence-corrected chi connectivity index (χ1v) is 12.5. The summed E-state index contributed by atoms with van der Waals surface area (Å²) in [7, 11) is 8.17. The molecular weight excluding hydrogens is 526 g/mol. The van der Waals surface area contributed by atoms with Gasteiger partial charge in [0.1, 0.15) is 0 Å². The van der Waals surface area contributed by atoms with Crippen molar-refractivity contribution in [2.24, 2.45) is 0 Å². The number of benzene rings is 2. The van der Waals surface area contributed by atoms with Crippen LogP contribution in [0.4, 0.5) is 5.69 Å². The molecule has 1 aliphatic rings. The van der Waals surface area contributed by atoms with Crippen molar-refractivity contribution in [1.29, 1.82) is 0 Å². The van der Waals surface area contributed by atoms with Crippen LogP contribution in [-0.2, 0) is 16.0 Å². The van der Waals surface area contributed by atoms with E-state index < -0.39 is 11.9 Å². The third kappa shape index (κ3) is 6.97. The molecule has 0 radical (unpaired) electrons. The number of nitrogens with zero attached hydrogens (tertiary/aromatic N) is 3. The lowest BCUT2D eigenvalue weighted by atomic mass is 10.1. The van der Waals surface area contributed by atoms with Crippen molar-refractivity contribution in [3.8, 4) is 28.7 Å². The van der Waals surface area contributed by atoms with Crippen molar-refractivity contribution in [3.05, 3.63) is 30.0 Å². The molecule has 1 aliphatic heterocycles. The average Bonchev–Trinajstić information content (AvgIpc) is 3.37. The van der Waals surface area contributed by atoms with Crippen LogP contribution in [0.2, 0.25) is 0 Å². The molecule has 3 aromatic rings. The molecule has 1 fully saturated rings. The SMILES string of the molecule is COc1cc2onc(CCCN3CCN(c4ccc(OC)c(OC)c4OC)CC3)c2cc1OC.O=C(O)C(=O)O. The Morgan fingerprint density at radius 2 is 1.43 bits per heavy atom. The van der Waals surface area contributed by atoms with Crippen LogP contribution in [0.3, 0.4) is 0 Å². The lowest BCUT2D eigenvalue weighted by Crippen LogP contribution is -2.46. The number of carboxylic acid groups (broad SMARTS) is 2. The number of aryl methyl sites for hydroxylation is 1. The van der Waals surface area contributed by atoms with Gasteiger partial charge in [-0.2, -0.15) is 0 Å². The first-order valence-electron chi connectivity index (χ1n) is 12.5. The maximum Gasteiger partial charge on any atom is 0.414 e. The number of aromatic nitrogens is 1. The second-order valence-corrected chi connectivity index (χ2v) is 8.73. The summed E-state index contributed by atoms with van der Waals surface area (Å²) in [6, 6.07) is 7.73. The number of methoxy groups -OCH3 is 5. The van der Waals surface area contributed by atoms with Gasteiger partial charge in [0.05, 0.1) is 46.9 Å². The van der Waals surface area contributed by atoms with Gasteiger partial charge < -0.3 is 43.3 Å². The molecule has 0 unspecified atom stereocenters. The minimum Gasteiger partial charge on any atom is -0.493 e. The van der Waals surface area contributed by atoms with E-state index in [4.69, 9.17) is 48.0 Å². The monoisotopic (exact) mass is 561 g/mol. The van der Waals surface area contributed by atoms with Crippen LogP contribution in [0.25, 0.3) is 11.0 Å². The molecule has 2 heterocycles. The molecule has 0 amide bonds. The van der Waals surface area contributed by atoms with Crippen molar-refractivity contribution >= 4 is 28.6 Å². The number of fused-ring (bicyclic) bond motifs is 1. The Balaban J connectivity index is 0.000000663. The third-order valence-electron chi connectivity index (χ3n) is 6.52. The molecule has 0 spiro atoms. The lowest BCUT2D eigenvalue weighted by molar-refractivity contribution is -0.159. The fourth-order valence-corrected chi connectivity index (χ4v) is 4.51. The summed E-state index contributed by atoms with van der Waals surface area (Å²) in [6.07, 6.45) is 1.84. The average molecular weight is 562 g/mol. The number of hydrogen-bond acceptors (Lipinski definition) is 11. The van der Waals surface area contributed by atoms with E-state index in [1.807, 2.05) is 24.3 Å². The Morgan fingerprint density at radius 3 is 1.98 bits per heavy atom. The van der Waals surface area contributed by atoms with E-state index in [-0.39, 0.29) is 0 Å². The molecule has 0 bridgehead atoms. The molecule has 218 valence electrons. The van der Waals surface area contributed by atoms with E-state index in [0.29, 0.717) is 34.3 Å². The molecule has 0 saturated carbocycles.